The summed E-state index contributed by atoms with van der Waals surface area (Å²) in [6.45, 7) is 2.54. The lowest BCUT2D eigenvalue weighted by atomic mass is 9.98. The third kappa shape index (κ3) is 5.66. The van der Waals surface area contributed by atoms with Gasteiger partial charge in [0.25, 0.3) is 0 Å². The minimum absolute atomic E-state index is 0.0350. The lowest BCUT2D eigenvalue weighted by Gasteiger charge is -2.32. The number of alkyl carbamates (subject to hydrolysis) is 1. The molecule has 2 unspecified atom stereocenters. The molecule has 2 aromatic rings. The summed E-state index contributed by atoms with van der Waals surface area (Å²) in [6.07, 6.45) is 4.10. The van der Waals surface area contributed by atoms with E-state index < -0.39 is 24.1 Å². The van der Waals surface area contributed by atoms with E-state index in [1.165, 1.54) is 4.90 Å². The third-order valence-corrected chi connectivity index (χ3v) is 7.19. The molecular weight excluding hydrogens is 444 g/mol. The van der Waals surface area contributed by atoms with Gasteiger partial charge in [0.05, 0.1) is 0 Å². The van der Waals surface area contributed by atoms with Crippen molar-refractivity contribution in [3.63, 3.8) is 0 Å². The largest absolute Gasteiger partial charge is 0.480 e. The lowest BCUT2D eigenvalue weighted by Crippen LogP contribution is -2.48. The highest BCUT2D eigenvalue weighted by Gasteiger charge is 2.32. The molecule has 2 aromatic carbocycles. The highest BCUT2D eigenvalue weighted by Crippen LogP contribution is 2.44. The summed E-state index contributed by atoms with van der Waals surface area (Å²) in [5.74, 6) is -1.23. The number of carbonyl (C=O) groups is 3. The van der Waals surface area contributed by atoms with E-state index in [2.05, 4.69) is 29.6 Å². The number of nitrogens with one attached hydrogen (secondary N) is 1. The zero-order valence-corrected chi connectivity index (χ0v) is 20.2. The highest BCUT2D eigenvalue weighted by atomic mass is 16.5. The molecule has 0 radical (unpaired) electrons. The molecule has 1 aliphatic heterocycles. The van der Waals surface area contributed by atoms with Crippen molar-refractivity contribution in [2.45, 2.75) is 69.9 Å². The highest BCUT2D eigenvalue weighted by molar-refractivity contribution is 5.84. The van der Waals surface area contributed by atoms with Crippen molar-refractivity contribution in [1.29, 1.82) is 0 Å². The molecule has 0 spiro atoms. The molecule has 1 heterocycles. The van der Waals surface area contributed by atoms with Gasteiger partial charge >= 0.3 is 12.1 Å². The maximum absolute atomic E-state index is 13.0. The number of hydrogen-bond donors (Lipinski definition) is 2. The molecule has 0 bridgehead atoms. The van der Waals surface area contributed by atoms with Gasteiger partial charge in [0.2, 0.25) is 5.91 Å². The van der Waals surface area contributed by atoms with E-state index >= 15 is 0 Å². The van der Waals surface area contributed by atoms with Crippen LogP contribution in [-0.4, -0.2) is 53.2 Å². The van der Waals surface area contributed by atoms with E-state index in [1.807, 2.05) is 31.2 Å². The monoisotopic (exact) mass is 478 g/mol. The average molecular weight is 479 g/mol. The lowest BCUT2D eigenvalue weighted by molar-refractivity contribution is -0.151. The second kappa shape index (κ2) is 11.4. The van der Waals surface area contributed by atoms with Crippen LogP contribution in [0.4, 0.5) is 4.79 Å². The van der Waals surface area contributed by atoms with Gasteiger partial charge in [0.1, 0.15) is 12.6 Å². The van der Waals surface area contributed by atoms with Gasteiger partial charge in [-0.15, -0.1) is 0 Å². The Hall–Kier alpha value is -3.35. The summed E-state index contributed by atoms with van der Waals surface area (Å²) in [6, 6.07) is 15.1. The van der Waals surface area contributed by atoms with Crippen molar-refractivity contribution in [1.82, 2.24) is 10.2 Å². The smallest absolute Gasteiger partial charge is 0.407 e. The van der Waals surface area contributed by atoms with Gasteiger partial charge in [0.15, 0.2) is 0 Å². The average Bonchev–Trinajstić information content (AvgIpc) is 3.15. The van der Waals surface area contributed by atoms with Gasteiger partial charge in [-0.3, -0.25) is 4.79 Å². The maximum Gasteiger partial charge on any atom is 0.407 e. The van der Waals surface area contributed by atoms with Crippen LogP contribution in [0.1, 0.15) is 68.9 Å². The Morgan fingerprint density at radius 2 is 1.63 bits per heavy atom. The first kappa shape index (κ1) is 24.8. The molecule has 2 amide bonds. The van der Waals surface area contributed by atoms with Crippen molar-refractivity contribution >= 4 is 18.0 Å². The molecule has 7 heteroatoms. The fourth-order valence-corrected chi connectivity index (χ4v) is 5.27. The number of carboxylic acids is 1. The summed E-state index contributed by atoms with van der Waals surface area (Å²) < 4.78 is 5.63. The van der Waals surface area contributed by atoms with Crippen molar-refractivity contribution in [2.75, 3.05) is 13.2 Å². The summed E-state index contributed by atoms with van der Waals surface area (Å²) >= 11 is 0. The number of amides is 2. The normalized spacial score (nSPS) is 18.5. The van der Waals surface area contributed by atoms with Crippen molar-refractivity contribution in [3.05, 3.63) is 59.7 Å². The standard InChI is InChI=1S/C28H34N2O5/c1-2-19(17-26(31)30-16-10-4-3-5-15-25(30)27(32)33)29-28(34)35-18-24-22-13-8-6-11-20(22)21-12-7-9-14-23(21)24/h6-9,11-14,19,24-25H,2-5,10,15-18H2,1H3,(H,29,34)(H,32,33). The molecule has 1 aliphatic carbocycles. The van der Waals surface area contributed by atoms with Gasteiger partial charge in [-0.25, -0.2) is 9.59 Å². The molecular formula is C28H34N2O5. The Bertz CT molecular complexity index is 1020. The Balaban J connectivity index is 1.36. The van der Waals surface area contributed by atoms with Crippen LogP contribution in [0.5, 0.6) is 0 Å². The maximum atomic E-state index is 13.0. The summed E-state index contributed by atoms with van der Waals surface area (Å²) in [4.78, 5) is 39.0. The number of carbonyl (C=O) groups excluding carboxylic acids is 2. The molecule has 7 nitrogen and oxygen atoms in total. The van der Waals surface area contributed by atoms with Crippen molar-refractivity contribution in [2.24, 2.45) is 0 Å². The van der Waals surface area contributed by atoms with Gasteiger partial charge < -0.3 is 20.1 Å². The third-order valence-electron chi connectivity index (χ3n) is 7.19. The number of rotatable bonds is 7. The van der Waals surface area contributed by atoms with E-state index in [9.17, 15) is 19.5 Å². The van der Waals surface area contributed by atoms with Gasteiger partial charge in [-0.1, -0.05) is 74.7 Å². The predicted molar refractivity (Wildman–Crippen MR) is 133 cm³/mol. The Labute approximate surface area is 206 Å². The van der Waals surface area contributed by atoms with Crippen molar-refractivity contribution in [3.8, 4) is 11.1 Å². The number of likely N-dealkylation sites (tertiary alicyclic amines) is 1. The number of carboxylic acid groups (broad SMARTS) is 1. The molecule has 0 aromatic heterocycles. The zero-order chi connectivity index (χ0) is 24.8. The SMILES string of the molecule is CCC(CC(=O)N1CCCCCCC1C(=O)O)NC(=O)OCC1c2ccccc2-c2ccccc21. The van der Waals surface area contributed by atoms with Gasteiger partial charge in [-0.05, 0) is 41.5 Å². The van der Waals surface area contributed by atoms with Crippen LogP contribution in [0.15, 0.2) is 48.5 Å². The molecule has 186 valence electrons. The predicted octanol–water partition coefficient (Wildman–Crippen LogP) is 4.94. The molecule has 1 fully saturated rings. The van der Waals surface area contributed by atoms with Crippen LogP contribution < -0.4 is 5.32 Å². The van der Waals surface area contributed by atoms with E-state index in [4.69, 9.17) is 4.74 Å². The second-order valence-electron chi connectivity index (χ2n) is 9.42. The van der Waals surface area contributed by atoms with E-state index in [-0.39, 0.29) is 24.9 Å². The summed E-state index contributed by atoms with van der Waals surface area (Å²) in [7, 11) is 0. The minimum atomic E-state index is -0.960. The summed E-state index contributed by atoms with van der Waals surface area (Å²) in [5.41, 5.74) is 4.60. The molecule has 1 saturated heterocycles. The summed E-state index contributed by atoms with van der Waals surface area (Å²) in [5, 5.41) is 12.5. The van der Waals surface area contributed by atoms with E-state index in [0.29, 0.717) is 19.4 Å². The minimum Gasteiger partial charge on any atom is -0.480 e. The number of fused-ring (bicyclic) bond motifs is 3. The molecule has 2 atom stereocenters. The quantitative estimate of drug-likeness (QED) is 0.588. The molecule has 4 rings (SSSR count). The Morgan fingerprint density at radius 3 is 2.26 bits per heavy atom. The molecule has 2 aliphatic rings. The fraction of sp³-hybridized carbons (Fsp3) is 0.464. The zero-order valence-electron chi connectivity index (χ0n) is 20.2. The van der Waals surface area contributed by atoms with Crippen LogP contribution in [-0.2, 0) is 14.3 Å². The number of hydrogen-bond acceptors (Lipinski definition) is 4. The fourth-order valence-electron chi connectivity index (χ4n) is 5.27. The van der Waals surface area contributed by atoms with Crippen LogP contribution in [0.3, 0.4) is 0 Å². The second-order valence-corrected chi connectivity index (χ2v) is 9.42. The first-order valence-corrected chi connectivity index (χ1v) is 12.6. The molecule has 2 N–H and O–H groups in total. The van der Waals surface area contributed by atoms with E-state index in [1.54, 1.807) is 0 Å². The first-order valence-electron chi connectivity index (χ1n) is 12.6. The molecule has 0 saturated carbocycles. The first-order chi connectivity index (χ1) is 17.0. The Morgan fingerprint density at radius 1 is 1.00 bits per heavy atom. The van der Waals surface area contributed by atoms with Crippen LogP contribution >= 0.6 is 0 Å². The number of nitrogens with zero attached hydrogens (tertiary/aromatic N) is 1. The van der Waals surface area contributed by atoms with Crippen LogP contribution in [0.2, 0.25) is 0 Å². The number of benzene rings is 2. The number of aliphatic carboxylic acids is 1. The topological polar surface area (TPSA) is 95.9 Å². The van der Waals surface area contributed by atoms with Crippen LogP contribution in [0, 0.1) is 0 Å². The van der Waals surface area contributed by atoms with E-state index in [0.717, 1.165) is 47.9 Å². The van der Waals surface area contributed by atoms with Crippen LogP contribution in [0.25, 0.3) is 11.1 Å². The van der Waals surface area contributed by atoms with Gasteiger partial charge in [-0.2, -0.15) is 0 Å². The number of ether oxygens (including phenoxy) is 1. The van der Waals surface area contributed by atoms with Crippen molar-refractivity contribution < 1.29 is 24.2 Å². The van der Waals surface area contributed by atoms with Gasteiger partial charge in [0, 0.05) is 24.9 Å². The Kier molecular flexibility index (Phi) is 8.06. The molecule has 35 heavy (non-hydrogen) atoms.